The summed E-state index contributed by atoms with van der Waals surface area (Å²) in [6, 6.07) is 0. The standard InChI is InChI=1S/C10H17F2NO2/c11-9(12)4-7-13-5-1-2-8(3-6-13)10(14)15/h8-9H,1-7H2,(H,14,15). The van der Waals surface area contributed by atoms with Gasteiger partial charge in [0.2, 0.25) is 6.43 Å². The Balaban J connectivity index is 2.29. The first-order valence-electron chi connectivity index (χ1n) is 5.33. The molecule has 88 valence electrons. The number of halogens is 2. The van der Waals surface area contributed by atoms with Crippen LogP contribution in [0.2, 0.25) is 0 Å². The summed E-state index contributed by atoms with van der Waals surface area (Å²) >= 11 is 0. The summed E-state index contributed by atoms with van der Waals surface area (Å²) < 4.78 is 24.0. The van der Waals surface area contributed by atoms with Crippen molar-refractivity contribution in [2.24, 2.45) is 5.92 Å². The summed E-state index contributed by atoms with van der Waals surface area (Å²) in [6.45, 7) is 1.75. The SMILES string of the molecule is O=C(O)C1CCCN(CCC(F)F)CC1. The minimum Gasteiger partial charge on any atom is -0.481 e. The molecule has 0 saturated carbocycles. The van der Waals surface area contributed by atoms with Gasteiger partial charge in [0.15, 0.2) is 0 Å². The Morgan fingerprint density at radius 3 is 2.73 bits per heavy atom. The van der Waals surface area contributed by atoms with E-state index in [1.807, 2.05) is 4.90 Å². The van der Waals surface area contributed by atoms with Gasteiger partial charge in [-0.25, -0.2) is 8.78 Å². The van der Waals surface area contributed by atoms with E-state index in [0.29, 0.717) is 25.9 Å². The lowest BCUT2D eigenvalue weighted by Gasteiger charge is -2.19. The molecule has 0 bridgehead atoms. The smallest absolute Gasteiger partial charge is 0.306 e. The van der Waals surface area contributed by atoms with E-state index in [9.17, 15) is 13.6 Å². The molecule has 0 aromatic heterocycles. The molecule has 1 heterocycles. The quantitative estimate of drug-likeness (QED) is 0.787. The zero-order valence-corrected chi connectivity index (χ0v) is 8.66. The largest absolute Gasteiger partial charge is 0.481 e. The first-order valence-corrected chi connectivity index (χ1v) is 5.33. The van der Waals surface area contributed by atoms with E-state index in [1.165, 1.54) is 0 Å². The molecule has 0 aromatic rings. The Morgan fingerprint density at radius 1 is 1.40 bits per heavy atom. The minimum absolute atomic E-state index is 0.113. The molecule has 1 aliphatic rings. The zero-order chi connectivity index (χ0) is 11.3. The Kier molecular flexibility index (Phi) is 4.94. The third-order valence-electron chi connectivity index (χ3n) is 2.83. The lowest BCUT2D eigenvalue weighted by atomic mass is 10.0. The molecule has 0 aliphatic carbocycles. The van der Waals surface area contributed by atoms with Crippen molar-refractivity contribution in [3.63, 3.8) is 0 Å². The molecule has 0 aromatic carbocycles. The van der Waals surface area contributed by atoms with Crippen molar-refractivity contribution in [3.05, 3.63) is 0 Å². The molecule has 5 heteroatoms. The van der Waals surface area contributed by atoms with Gasteiger partial charge in [0.1, 0.15) is 0 Å². The normalized spacial score (nSPS) is 24.1. The molecule has 1 saturated heterocycles. The summed E-state index contributed by atoms with van der Waals surface area (Å²) in [7, 11) is 0. The predicted octanol–water partition coefficient (Wildman–Crippen LogP) is 1.83. The molecule has 0 spiro atoms. The van der Waals surface area contributed by atoms with E-state index < -0.39 is 12.4 Å². The fourth-order valence-electron chi connectivity index (χ4n) is 1.91. The van der Waals surface area contributed by atoms with E-state index in [-0.39, 0.29) is 12.3 Å². The van der Waals surface area contributed by atoms with Crippen molar-refractivity contribution >= 4 is 5.97 Å². The van der Waals surface area contributed by atoms with Crippen LogP contribution in [-0.4, -0.2) is 42.0 Å². The van der Waals surface area contributed by atoms with Crippen LogP contribution in [0.5, 0.6) is 0 Å². The maximum atomic E-state index is 12.0. The molecule has 1 rings (SSSR count). The summed E-state index contributed by atoms with van der Waals surface area (Å²) in [6.07, 6.45) is -0.333. The Labute approximate surface area is 88.1 Å². The van der Waals surface area contributed by atoms with Crippen LogP contribution in [0, 0.1) is 5.92 Å². The van der Waals surface area contributed by atoms with Crippen LogP contribution >= 0.6 is 0 Å². The molecule has 1 unspecified atom stereocenters. The average molecular weight is 221 g/mol. The molecule has 1 fully saturated rings. The number of carboxylic acid groups (broad SMARTS) is 1. The van der Waals surface area contributed by atoms with E-state index in [1.54, 1.807) is 0 Å². The number of hydrogen-bond donors (Lipinski definition) is 1. The topological polar surface area (TPSA) is 40.5 Å². The van der Waals surface area contributed by atoms with E-state index in [4.69, 9.17) is 5.11 Å². The van der Waals surface area contributed by atoms with E-state index in [2.05, 4.69) is 0 Å². The Hall–Kier alpha value is -0.710. The van der Waals surface area contributed by atoms with Gasteiger partial charge in [0.05, 0.1) is 5.92 Å². The van der Waals surface area contributed by atoms with Gasteiger partial charge in [-0.2, -0.15) is 0 Å². The van der Waals surface area contributed by atoms with Gasteiger partial charge in [-0.05, 0) is 32.4 Å². The molecule has 3 nitrogen and oxygen atoms in total. The predicted molar refractivity (Wildman–Crippen MR) is 52.0 cm³/mol. The Morgan fingerprint density at radius 2 is 2.13 bits per heavy atom. The number of aliphatic carboxylic acids is 1. The molecule has 15 heavy (non-hydrogen) atoms. The molecule has 0 amide bonds. The van der Waals surface area contributed by atoms with Gasteiger partial charge in [-0.1, -0.05) is 0 Å². The fourth-order valence-corrected chi connectivity index (χ4v) is 1.91. The maximum absolute atomic E-state index is 12.0. The van der Waals surface area contributed by atoms with Crippen LogP contribution in [0.15, 0.2) is 0 Å². The van der Waals surface area contributed by atoms with Gasteiger partial charge in [-0.15, -0.1) is 0 Å². The summed E-state index contributed by atoms with van der Waals surface area (Å²) in [5, 5.41) is 8.83. The first-order chi connectivity index (χ1) is 7.09. The average Bonchev–Trinajstić information content (AvgIpc) is 2.39. The first kappa shape index (κ1) is 12.4. The minimum atomic E-state index is -2.26. The molecule has 1 aliphatic heterocycles. The highest BCUT2D eigenvalue weighted by Gasteiger charge is 2.22. The van der Waals surface area contributed by atoms with Gasteiger partial charge in [0.25, 0.3) is 0 Å². The maximum Gasteiger partial charge on any atom is 0.306 e. The zero-order valence-electron chi connectivity index (χ0n) is 8.66. The van der Waals surface area contributed by atoms with Crippen molar-refractivity contribution < 1.29 is 18.7 Å². The number of hydrogen-bond acceptors (Lipinski definition) is 2. The monoisotopic (exact) mass is 221 g/mol. The second-order valence-electron chi connectivity index (χ2n) is 3.99. The second-order valence-corrected chi connectivity index (χ2v) is 3.99. The lowest BCUT2D eigenvalue weighted by molar-refractivity contribution is -0.142. The van der Waals surface area contributed by atoms with Crippen molar-refractivity contribution in [2.45, 2.75) is 32.1 Å². The summed E-state index contributed by atoms with van der Waals surface area (Å²) in [5.41, 5.74) is 0. The molecule has 0 radical (unpaired) electrons. The molecule has 1 N–H and O–H groups in total. The highest BCUT2D eigenvalue weighted by atomic mass is 19.3. The number of rotatable bonds is 4. The summed E-state index contributed by atoms with van der Waals surface area (Å²) in [4.78, 5) is 12.7. The van der Waals surface area contributed by atoms with Gasteiger partial charge < -0.3 is 10.0 Å². The van der Waals surface area contributed by atoms with Crippen LogP contribution in [0.1, 0.15) is 25.7 Å². The second kappa shape index (κ2) is 6.00. The van der Waals surface area contributed by atoms with Crippen LogP contribution in [0.4, 0.5) is 8.78 Å². The molecular weight excluding hydrogens is 204 g/mol. The van der Waals surface area contributed by atoms with E-state index in [0.717, 1.165) is 13.0 Å². The summed E-state index contributed by atoms with van der Waals surface area (Å²) in [5.74, 6) is -1.05. The fraction of sp³-hybridized carbons (Fsp3) is 0.900. The number of likely N-dealkylation sites (tertiary alicyclic amines) is 1. The van der Waals surface area contributed by atoms with Crippen molar-refractivity contribution in [1.82, 2.24) is 4.90 Å². The lowest BCUT2D eigenvalue weighted by Crippen LogP contribution is -2.27. The number of alkyl halides is 2. The number of nitrogens with zero attached hydrogens (tertiary/aromatic N) is 1. The Bertz CT molecular complexity index is 212. The molecule has 1 atom stereocenters. The van der Waals surface area contributed by atoms with Gasteiger partial charge in [0, 0.05) is 13.0 Å². The third kappa shape index (κ3) is 4.55. The highest BCUT2D eigenvalue weighted by molar-refractivity contribution is 5.69. The van der Waals surface area contributed by atoms with Gasteiger partial charge >= 0.3 is 5.97 Å². The number of carboxylic acids is 1. The molecular formula is C10H17F2NO2. The number of carbonyl (C=O) groups is 1. The highest BCUT2D eigenvalue weighted by Crippen LogP contribution is 2.18. The van der Waals surface area contributed by atoms with Crippen LogP contribution in [0.3, 0.4) is 0 Å². The van der Waals surface area contributed by atoms with Crippen molar-refractivity contribution in [1.29, 1.82) is 0 Å². The van der Waals surface area contributed by atoms with Gasteiger partial charge in [-0.3, -0.25) is 4.79 Å². The van der Waals surface area contributed by atoms with Crippen LogP contribution in [0.25, 0.3) is 0 Å². The van der Waals surface area contributed by atoms with Crippen LogP contribution < -0.4 is 0 Å². The van der Waals surface area contributed by atoms with Crippen molar-refractivity contribution in [3.8, 4) is 0 Å². The van der Waals surface area contributed by atoms with E-state index >= 15 is 0 Å². The van der Waals surface area contributed by atoms with Crippen molar-refractivity contribution in [2.75, 3.05) is 19.6 Å². The van der Waals surface area contributed by atoms with Crippen LogP contribution in [-0.2, 0) is 4.79 Å². The third-order valence-corrected chi connectivity index (χ3v) is 2.83.